The van der Waals surface area contributed by atoms with Gasteiger partial charge in [0.25, 0.3) is 0 Å². The van der Waals surface area contributed by atoms with Gasteiger partial charge < -0.3 is 0 Å². The predicted molar refractivity (Wildman–Crippen MR) is 86.7 cm³/mol. The average Bonchev–Trinajstić information content (AvgIpc) is 2.88. The largest absolute Gasteiger partial charge is 0.298 e. The highest BCUT2D eigenvalue weighted by atomic mass is 15.3. The van der Waals surface area contributed by atoms with Crippen molar-refractivity contribution in [2.45, 2.75) is 52.6 Å². The van der Waals surface area contributed by atoms with Crippen LogP contribution >= 0.6 is 0 Å². The van der Waals surface area contributed by atoms with E-state index in [2.05, 4.69) is 46.1 Å². The van der Waals surface area contributed by atoms with E-state index in [0.717, 1.165) is 37.7 Å². The molecular weight excluding hydrogens is 274 g/mol. The fourth-order valence-corrected chi connectivity index (χ4v) is 3.26. The van der Waals surface area contributed by atoms with E-state index in [-0.39, 0.29) is 0 Å². The molecule has 0 amide bonds. The molecule has 5 nitrogen and oxygen atoms in total. The molecule has 0 unspecified atom stereocenters. The van der Waals surface area contributed by atoms with Crippen LogP contribution in [-0.4, -0.2) is 37.7 Å². The van der Waals surface area contributed by atoms with E-state index in [4.69, 9.17) is 0 Å². The molecule has 1 aliphatic heterocycles. The molecule has 1 fully saturated rings. The van der Waals surface area contributed by atoms with Crippen LogP contribution < -0.4 is 0 Å². The maximum atomic E-state index is 4.62. The van der Waals surface area contributed by atoms with Crippen LogP contribution in [0.1, 0.15) is 48.5 Å². The maximum Gasteiger partial charge on any atom is 0.125 e. The number of hydrogen-bond acceptors (Lipinski definition) is 4. The number of piperidine rings is 1. The lowest BCUT2D eigenvalue weighted by Gasteiger charge is -2.32. The quantitative estimate of drug-likeness (QED) is 0.871. The molecule has 0 spiro atoms. The summed E-state index contributed by atoms with van der Waals surface area (Å²) in [4.78, 5) is 11.4. The van der Waals surface area contributed by atoms with Crippen molar-refractivity contribution in [3.8, 4) is 0 Å². The smallest absolute Gasteiger partial charge is 0.125 e. The lowest BCUT2D eigenvalue weighted by Crippen LogP contribution is -2.34. The molecule has 0 aromatic carbocycles. The van der Waals surface area contributed by atoms with Crippen molar-refractivity contribution < 1.29 is 0 Å². The van der Waals surface area contributed by atoms with Gasteiger partial charge in [0, 0.05) is 49.2 Å². The fourth-order valence-electron chi connectivity index (χ4n) is 3.26. The summed E-state index contributed by atoms with van der Waals surface area (Å²) in [5.41, 5.74) is 3.70. The molecule has 1 saturated heterocycles. The van der Waals surface area contributed by atoms with Crippen LogP contribution in [0.2, 0.25) is 0 Å². The van der Waals surface area contributed by atoms with Gasteiger partial charge in [-0.1, -0.05) is 0 Å². The Bertz CT molecular complexity index is 634. The Morgan fingerprint density at radius 2 is 2.18 bits per heavy atom. The summed E-state index contributed by atoms with van der Waals surface area (Å²) in [6.45, 7) is 10.4. The zero-order chi connectivity index (χ0) is 15.5. The summed E-state index contributed by atoms with van der Waals surface area (Å²) in [5, 5.41) is 4.55. The monoisotopic (exact) mass is 299 g/mol. The summed E-state index contributed by atoms with van der Waals surface area (Å²) < 4.78 is 2.03. The molecule has 22 heavy (non-hydrogen) atoms. The van der Waals surface area contributed by atoms with Crippen molar-refractivity contribution in [2.24, 2.45) is 0 Å². The van der Waals surface area contributed by atoms with Gasteiger partial charge in [-0.25, -0.2) is 9.97 Å². The zero-order valence-corrected chi connectivity index (χ0v) is 13.8. The molecular formula is C17H25N5. The van der Waals surface area contributed by atoms with Gasteiger partial charge in [-0.15, -0.1) is 0 Å². The van der Waals surface area contributed by atoms with E-state index in [1.54, 1.807) is 0 Å². The first kappa shape index (κ1) is 15.2. The van der Waals surface area contributed by atoms with Gasteiger partial charge in [0.1, 0.15) is 5.82 Å². The number of likely N-dealkylation sites (tertiary alicyclic amines) is 1. The molecule has 0 saturated carbocycles. The molecule has 5 heteroatoms. The predicted octanol–water partition coefficient (Wildman–Crippen LogP) is 2.69. The van der Waals surface area contributed by atoms with E-state index in [1.165, 1.54) is 24.1 Å². The van der Waals surface area contributed by atoms with Crippen molar-refractivity contribution in [3.63, 3.8) is 0 Å². The number of hydrogen-bond donors (Lipinski definition) is 0. The minimum atomic E-state index is 0.525. The Labute approximate surface area is 132 Å². The van der Waals surface area contributed by atoms with E-state index >= 15 is 0 Å². The van der Waals surface area contributed by atoms with E-state index < -0.39 is 0 Å². The summed E-state index contributed by atoms with van der Waals surface area (Å²) in [6.07, 6.45) is 6.52. The Kier molecular flexibility index (Phi) is 4.52. The summed E-state index contributed by atoms with van der Waals surface area (Å²) in [6, 6.07) is 2.07. The topological polar surface area (TPSA) is 46.8 Å². The molecule has 3 rings (SSSR count). The Morgan fingerprint density at radius 3 is 2.91 bits per heavy atom. The number of aryl methyl sites for hydroxylation is 3. The average molecular weight is 299 g/mol. The summed E-state index contributed by atoms with van der Waals surface area (Å²) >= 11 is 0. The highest BCUT2D eigenvalue weighted by Gasteiger charge is 2.23. The second-order valence-electron chi connectivity index (χ2n) is 6.20. The van der Waals surface area contributed by atoms with Crippen molar-refractivity contribution in [2.75, 3.05) is 13.1 Å². The first-order valence-electron chi connectivity index (χ1n) is 8.20. The molecule has 3 heterocycles. The van der Waals surface area contributed by atoms with Crippen LogP contribution in [0.3, 0.4) is 0 Å². The molecule has 2 aromatic rings. The number of aromatic nitrogens is 4. The van der Waals surface area contributed by atoms with Crippen molar-refractivity contribution in [3.05, 3.63) is 41.2 Å². The van der Waals surface area contributed by atoms with Crippen LogP contribution in [-0.2, 0) is 13.1 Å². The molecule has 0 N–H and O–H groups in total. The SMILES string of the molecule is CCn1cc(CN2CCC[C@@H](c3ccnc(C)n3)C2)c(C)n1. The summed E-state index contributed by atoms with van der Waals surface area (Å²) in [5.74, 6) is 1.40. The first-order valence-corrected chi connectivity index (χ1v) is 8.20. The second kappa shape index (κ2) is 6.57. The normalized spacial score (nSPS) is 19.5. The molecule has 0 bridgehead atoms. The van der Waals surface area contributed by atoms with Gasteiger partial charge >= 0.3 is 0 Å². The van der Waals surface area contributed by atoms with Crippen LogP contribution in [0.15, 0.2) is 18.5 Å². The molecule has 1 aliphatic rings. The molecule has 118 valence electrons. The third-order valence-corrected chi connectivity index (χ3v) is 4.49. The Morgan fingerprint density at radius 1 is 1.32 bits per heavy atom. The number of rotatable bonds is 4. The first-order chi connectivity index (χ1) is 10.7. The minimum absolute atomic E-state index is 0.525. The van der Waals surface area contributed by atoms with Gasteiger partial charge in [-0.3, -0.25) is 9.58 Å². The highest BCUT2D eigenvalue weighted by molar-refractivity contribution is 5.16. The van der Waals surface area contributed by atoms with Gasteiger partial charge in [-0.2, -0.15) is 5.10 Å². The lowest BCUT2D eigenvalue weighted by molar-refractivity contribution is 0.198. The third kappa shape index (κ3) is 3.35. The van der Waals surface area contributed by atoms with Crippen LogP contribution in [0.25, 0.3) is 0 Å². The van der Waals surface area contributed by atoms with Crippen LogP contribution in [0.4, 0.5) is 0 Å². The van der Waals surface area contributed by atoms with Gasteiger partial charge in [0.2, 0.25) is 0 Å². The van der Waals surface area contributed by atoms with E-state index in [0.29, 0.717) is 5.92 Å². The second-order valence-corrected chi connectivity index (χ2v) is 6.20. The van der Waals surface area contributed by atoms with Gasteiger partial charge in [0.05, 0.1) is 5.69 Å². The van der Waals surface area contributed by atoms with E-state index in [9.17, 15) is 0 Å². The molecule has 1 atom stereocenters. The van der Waals surface area contributed by atoms with Crippen LogP contribution in [0, 0.1) is 13.8 Å². The molecule has 2 aromatic heterocycles. The third-order valence-electron chi connectivity index (χ3n) is 4.49. The van der Waals surface area contributed by atoms with Gasteiger partial charge in [0.15, 0.2) is 0 Å². The Hall–Kier alpha value is -1.75. The van der Waals surface area contributed by atoms with Gasteiger partial charge in [-0.05, 0) is 46.2 Å². The highest BCUT2D eigenvalue weighted by Crippen LogP contribution is 2.26. The van der Waals surface area contributed by atoms with Crippen LogP contribution in [0.5, 0.6) is 0 Å². The van der Waals surface area contributed by atoms with E-state index in [1.807, 2.05) is 17.8 Å². The maximum absolute atomic E-state index is 4.62. The Balaban J connectivity index is 1.69. The standard InChI is InChI=1S/C17H25N5/c1-4-22-12-16(13(2)20-22)11-21-9-5-6-15(10-21)17-7-8-18-14(3)19-17/h7-8,12,15H,4-6,9-11H2,1-3H3/t15-/m1/s1. The zero-order valence-electron chi connectivity index (χ0n) is 13.8. The van der Waals surface area contributed by atoms with Crippen molar-refractivity contribution in [1.29, 1.82) is 0 Å². The van der Waals surface area contributed by atoms with Crippen molar-refractivity contribution >= 4 is 0 Å². The minimum Gasteiger partial charge on any atom is -0.298 e. The summed E-state index contributed by atoms with van der Waals surface area (Å²) in [7, 11) is 0. The fraction of sp³-hybridized carbons (Fsp3) is 0.588. The van der Waals surface area contributed by atoms with Crippen molar-refractivity contribution in [1.82, 2.24) is 24.6 Å². The number of nitrogens with zero attached hydrogens (tertiary/aromatic N) is 5. The molecule has 0 aliphatic carbocycles. The lowest BCUT2D eigenvalue weighted by atomic mass is 9.94. The molecule has 0 radical (unpaired) electrons.